The van der Waals surface area contributed by atoms with E-state index >= 15 is 0 Å². The molecule has 2 heterocycles. The number of anilines is 3. The highest BCUT2D eigenvalue weighted by molar-refractivity contribution is 6.04. The maximum absolute atomic E-state index is 11.8. The van der Waals surface area contributed by atoms with Crippen LogP contribution < -0.4 is 20.9 Å². The number of rotatable bonds is 3. The Morgan fingerprint density at radius 3 is 2.65 bits per heavy atom. The summed E-state index contributed by atoms with van der Waals surface area (Å²) in [5.41, 5.74) is 5.66. The molecule has 3 N–H and O–H groups in total. The van der Waals surface area contributed by atoms with Gasteiger partial charge in [-0.3, -0.25) is 14.9 Å². The molecule has 2 rings (SSSR count). The summed E-state index contributed by atoms with van der Waals surface area (Å²) in [5.74, 6) is -0.0803. The van der Waals surface area contributed by atoms with Crippen molar-refractivity contribution in [3.8, 4) is 0 Å². The fraction of sp³-hybridized carbons (Fsp3) is 0.545. The smallest absolute Gasteiger partial charge is 0.249 e. The van der Waals surface area contributed by atoms with Crippen molar-refractivity contribution in [2.75, 3.05) is 36.2 Å². The zero-order valence-corrected chi connectivity index (χ0v) is 11.6. The first kappa shape index (κ1) is 14.0. The lowest BCUT2D eigenvalue weighted by atomic mass is 10.1. The molecule has 1 unspecified atom stereocenters. The zero-order valence-electron chi connectivity index (χ0n) is 11.6. The summed E-state index contributed by atoms with van der Waals surface area (Å²) in [6.07, 6.45) is 0.530. The van der Waals surface area contributed by atoms with Crippen LogP contribution in [0.1, 0.15) is 13.3 Å². The SMILES string of the molecule is CCC1C(=O)NC(=O)CN1c1nc(N)nc(N(C)C)n1. The van der Waals surface area contributed by atoms with Gasteiger partial charge in [0.25, 0.3) is 0 Å². The van der Waals surface area contributed by atoms with Crippen LogP contribution in [0.25, 0.3) is 0 Å². The summed E-state index contributed by atoms with van der Waals surface area (Å²) in [6, 6.07) is -0.496. The van der Waals surface area contributed by atoms with Crippen LogP contribution in [0.15, 0.2) is 0 Å². The van der Waals surface area contributed by atoms with E-state index in [2.05, 4.69) is 20.3 Å². The average Bonchev–Trinajstić information content (AvgIpc) is 2.37. The van der Waals surface area contributed by atoms with Crippen molar-refractivity contribution in [3.05, 3.63) is 0 Å². The Labute approximate surface area is 116 Å². The first-order chi connectivity index (χ1) is 9.42. The number of amides is 2. The van der Waals surface area contributed by atoms with Crippen LogP contribution in [-0.4, -0.2) is 53.4 Å². The van der Waals surface area contributed by atoms with Gasteiger partial charge in [-0.05, 0) is 6.42 Å². The minimum absolute atomic E-state index is 0.0145. The molecule has 2 amide bonds. The lowest BCUT2D eigenvalue weighted by Crippen LogP contribution is -2.58. The molecule has 9 heteroatoms. The largest absolute Gasteiger partial charge is 0.368 e. The van der Waals surface area contributed by atoms with Gasteiger partial charge in [-0.1, -0.05) is 6.92 Å². The van der Waals surface area contributed by atoms with Crippen molar-refractivity contribution in [2.24, 2.45) is 0 Å². The van der Waals surface area contributed by atoms with Crippen molar-refractivity contribution >= 4 is 29.7 Å². The second kappa shape index (κ2) is 5.27. The van der Waals surface area contributed by atoms with Crippen molar-refractivity contribution in [2.45, 2.75) is 19.4 Å². The second-order valence-corrected chi connectivity index (χ2v) is 4.65. The molecule has 1 aromatic rings. The van der Waals surface area contributed by atoms with E-state index in [9.17, 15) is 9.59 Å². The summed E-state index contributed by atoms with van der Waals surface area (Å²) in [7, 11) is 3.54. The number of piperazine rings is 1. The summed E-state index contributed by atoms with van der Waals surface area (Å²) in [4.78, 5) is 38.9. The molecule has 0 spiro atoms. The van der Waals surface area contributed by atoms with Gasteiger partial charge in [0.05, 0.1) is 0 Å². The van der Waals surface area contributed by atoms with Crippen LogP contribution in [0.4, 0.5) is 17.8 Å². The van der Waals surface area contributed by atoms with Crippen LogP contribution in [0, 0.1) is 0 Å². The molecule has 20 heavy (non-hydrogen) atoms. The molecule has 1 atom stereocenters. The number of hydrogen-bond donors (Lipinski definition) is 2. The predicted molar refractivity (Wildman–Crippen MR) is 73.1 cm³/mol. The number of carbonyl (C=O) groups excluding carboxylic acids is 2. The Morgan fingerprint density at radius 1 is 1.35 bits per heavy atom. The molecule has 0 radical (unpaired) electrons. The minimum atomic E-state index is -0.496. The lowest BCUT2D eigenvalue weighted by molar-refractivity contribution is -0.133. The first-order valence-electron chi connectivity index (χ1n) is 6.21. The number of aromatic nitrogens is 3. The number of nitrogens with two attached hydrogens (primary N) is 1. The van der Waals surface area contributed by atoms with Gasteiger partial charge in [0.2, 0.25) is 29.7 Å². The van der Waals surface area contributed by atoms with Crippen LogP contribution in [-0.2, 0) is 9.59 Å². The van der Waals surface area contributed by atoms with E-state index in [0.717, 1.165) is 0 Å². The molecule has 9 nitrogen and oxygen atoms in total. The van der Waals surface area contributed by atoms with Gasteiger partial charge in [0.15, 0.2) is 0 Å². The standard InChI is InChI=1S/C11H17N7O2/c1-4-6-8(20)13-7(19)5-18(6)11-15-9(12)14-10(16-11)17(2)3/h6H,4-5H2,1-3H3,(H,13,19,20)(H2,12,14,15,16). The Morgan fingerprint density at radius 2 is 2.05 bits per heavy atom. The molecule has 1 fully saturated rings. The van der Waals surface area contributed by atoms with E-state index in [1.54, 1.807) is 23.9 Å². The molecule has 1 aliphatic rings. The van der Waals surface area contributed by atoms with Crippen LogP contribution >= 0.6 is 0 Å². The van der Waals surface area contributed by atoms with Gasteiger partial charge in [0, 0.05) is 14.1 Å². The monoisotopic (exact) mass is 279 g/mol. The van der Waals surface area contributed by atoms with Gasteiger partial charge in [-0.25, -0.2) is 0 Å². The minimum Gasteiger partial charge on any atom is -0.368 e. The third-order valence-electron chi connectivity index (χ3n) is 2.93. The van der Waals surface area contributed by atoms with Gasteiger partial charge < -0.3 is 15.5 Å². The third-order valence-corrected chi connectivity index (χ3v) is 2.93. The molecule has 1 aromatic heterocycles. The van der Waals surface area contributed by atoms with Crippen LogP contribution in [0.2, 0.25) is 0 Å². The lowest BCUT2D eigenvalue weighted by Gasteiger charge is -2.33. The Balaban J connectivity index is 2.42. The Hall–Kier alpha value is -2.45. The summed E-state index contributed by atoms with van der Waals surface area (Å²) in [6.45, 7) is 1.87. The molecule has 1 saturated heterocycles. The fourth-order valence-corrected chi connectivity index (χ4v) is 1.98. The van der Waals surface area contributed by atoms with Gasteiger partial charge in [0.1, 0.15) is 12.6 Å². The van der Waals surface area contributed by atoms with Crippen LogP contribution in [0.5, 0.6) is 0 Å². The van der Waals surface area contributed by atoms with E-state index < -0.39 is 6.04 Å². The number of carbonyl (C=O) groups is 2. The van der Waals surface area contributed by atoms with Crippen molar-refractivity contribution in [1.29, 1.82) is 0 Å². The number of imide groups is 1. The predicted octanol–water partition coefficient (Wildman–Crippen LogP) is -1.24. The van der Waals surface area contributed by atoms with E-state index in [-0.39, 0.29) is 30.3 Å². The average molecular weight is 279 g/mol. The molecule has 0 saturated carbocycles. The molecular weight excluding hydrogens is 262 g/mol. The van der Waals surface area contributed by atoms with Crippen molar-refractivity contribution < 1.29 is 9.59 Å². The highest BCUT2D eigenvalue weighted by Gasteiger charge is 2.34. The van der Waals surface area contributed by atoms with E-state index in [1.165, 1.54) is 0 Å². The number of nitrogens with zero attached hydrogens (tertiary/aromatic N) is 5. The fourth-order valence-electron chi connectivity index (χ4n) is 1.98. The summed E-state index contributed by atoms with van der Waals surface area (Å²) in [5, 5.41) is 2.30. The first-order valence-corrected chi connectivity index (χ1v) is 6.21. The van der Waals surface area contributed by atoms with Crippen molar-refractivity contribution in [1.82, 2.24) is 20.3 Å². The quantitative estimate of drug-likeness (QED) is 0.660. The second-order valence-electron chi connectivity index (χ2n) is 4.65. The van der Waals surface area contributed by atoms with Gasteiger partial charge in [-0.2, -0.15) is 15.0 Å². The molecule has 0 bridgehead atoms. The molecule has 0 aliphatic carbocycles. The molecule has 108 valence electrons. The summed E-state index contributed by atoms with van der Waals surface area (Å²) < 4.78 is 0. The van der Waals surface area contributed by atoms with E-state index in [1.807, 2.05) is 6.92 Å². The van der Waals surface area contributed by atoms with Crippen LogP contribution in [0.3, 0.4) is 0 Å². The number of nitrogens with one attached hydrogen (secondary N) is 1. The third kappa shape index (κ3) is 2.60. The summed E-state index contributed by atoms with van der Waals surface area (Å²) >= 11 is 0. The number of hydrogen-bond acceptors (Lipinski definition) is 8. The molecule has 0 aromatic carbocycles. The topological polar surface area (TPSA) is 117 Å². The van der Waals surface area contributed by atoms with E-state index in [0.29, 0.717) is 12.4 Å². The van der Waals surface area contributed by atoms with Crippen molar-refractivity contribution in [3.63, 3.8) is 0 Å². The number of nitrogen functional groups attached to an aromatic ring is 1. The Kier molecular flexibility index (Phi) is 3.68. The maximum Gasteiger partial charge on any atom is 0.249 e. The zero-order chi connectivity index (χ0) is 14.9. The Bertz CT molecular complexity index is 546. The van der Waals surface area contributed by atoms with E-state index in [4.69, 9.17) is 5.73 Å². The maximum atomic E-state index is 11.8. The normalized spacial score (nSPS) is 18.9. The van der Waals surface area contributed by atoms with Gasteiger partial charge >= 0.3 is 0 Å². The molecule has 1 aliphatic heterocycles. The highest BCUT2D eigenvalue weighted by Crippen LogP contribution is 2.19. The highest BCUT2D eigenvalue weighted by atomic mass is 16.2. The molecular formula is C11H17N7O2. The van der Waals surface area contributed by atoms with Gasteiger partial charge in [-0.15, -0.1) is 0 Å².